The third-order valence-corrected chi connectivity index (χ3v) is 8.88. The van der Waals surface area contributed by atoms with Gasteiger partial charge in [0.2, 0.25) is 5.91 Å². The maximum Gasteiger partial charge on any atom is 0.248 e. The number of primary amides is 1. The van der Waals surface area contributed by atoms with Crippen molar-refractivity contribution in [3.05, 3.63) is 54.1 Å². The highest BCUT2D eigenvalue weighted by molar-refractivity contribution is 7.97. The predicted molar refractivity (Wildman–Crippen MR) is 154 cm³/mol. The molecule has 0 spiro atoms. The van der Waals surface area contributed by atoms with Crippen molar-refractivity contribution in [1.29, 1.82) is 0 Å². The number of rotatable bonds is 4. The Morgan fingerprint density at radius 1 is 0.857 bits per heavy atom. The van der Waals surface area contributed by atoms with Crippen LogP contribution in [0.5, 0.6) is 0 Å². The number of amides is 1. The highest BCUT2D eigenvalue weighted by Crippen LogP contribution is 2.51. The number of carbonyl (C=O) groups excluding carboxylic acids is 1. The minimum atomic E-state index is -0.375. The van der Waals surface area contributed by atoms with Gasteiger partial charge in [-0.15, -0.1) is 0 Å². The van der Waals surface area contributed by atoms with Gasteiger partial charge in [0.25, 0.3) is 0 Å². The lowest BCUT2D eigenvalue weighted by Gasteiger charge is -2.26. The Bertz CT molecular complexity index is 861. The minimum Gasteiger partial charge on any atom is -0.366 e. The van der Waals surface area contributed by atoms with Crippen LogP contribution >= 0.6 is 11.9 Å². The van der Waals surface area contributed by atoms with Crippen LogP contribution in [0.15, 0.2) is 53.4 Å². The monoisotopic (exact) mass is 496 g/mol. The molecule has 0 aromatic heterocycles. The van der Waals surface area contributed by atoms with E-state index in [0.29, 0.717) is 5.56 Å². The molecule has 4 heteroatoms. The molecular formula is C31H48N2OS. The first-order valence-electron chi connectivity index (χ1n) is 13.9. The Balaban J connectivity index is 0.000000275. The lowest BCUT2D eigenvalue weighted by atomic mass is 9.82. The molecule has 1 amide bonds. The van der Waals surface area contributed by atoms with E-state index in [1.807, 2.05) is 64.1 Å². The fraction of sp³-hybridized carbons (Fsp3) is 0.581. The maximum atomic E-state index is 11.5. The van der Waals surface area contributed by atoms with Crippen molar-refractivity contribution in [2.75, 3.05) is 13.1 Å². The highest BCUT2D eigenvalue weighted by atomic mass is 32.2. The molecule has 2 aromatic rings. The number of hydrogen-bond acceptors (Lipinski definition) is 3. The first kappa shape index (κ1) is 29.5. The van der Waals surface area contributed by atoms with E-state index in [2.05, 4.69) is 30.3 Å². The average Bonchev–Trinajstić information content (AvgIpc) is 3.51. The van der Waals surface area contributed by atoms with Crippen molar-refractivity contribution in [2.45, 2.75) is 85.0 Å². The summed E-state index contributed by atoms with van der Waals surface area (Å²) in [5.41, 5.74) is 8.33. The third kappa shape index (κ3) is 8.11. The minimum absolute atomic E-state index is 0.375. The average molecular weight is 497 g/mol. The molecule has 2 saturated carbocycles. The van der Waals surface area contributed by atoms with Crippen molar-refractivity contribution in [3.63, 3.8) is 0 Å². The number of hydrogen-bond donors (Lipinski definition) is 1. The Morgan fingerprint density at radius 3 is 1.91 bits per heavy atom. The van der Waals surface area contributed by atoms with E-state index in [-0.39, 0.29) is 5.91 Å². The summed E-state index contributed by atoms with van der Waals surface area (Å²) in [5.74, 6) is 3.95. The molecule has 4 atom stereocenters. The summed E-state index contributed by atoms with van der Waals surface area (Å²) in [6.45, 7) is 15.1. The molecule has 2 N–H and O–H groups in total. The lowest BCUT2D eigenvalue weighted by Crippen LogP contribution is -2.23. The summed E-state index contributed by atoms with van der Waals surface area (Å²) in [6.07, 6.45) is 8.42. The Hall–Kier alpha value is -1.78. The van der Waals surface area contributed by atoms with Gasteiger partial charge in [0.05, 0.1) is 0 Å². The maximum absolute atomic E-state index is 11.5. The Labute approximate surface area is 219 Å². The fourth-order valence-corrected chi connectivity index (χ4v) is 6.75. The van der Waals surface area contributed by atoms with Crippen LogP contribution in [0.1, 0.15) is 90.4 Å². The van der Waals surface area contributed by atoms with Crippen LogP contribution in [0, 0.1) is 23.7 Å². The largest absolute Gasteiger partial charge is 0.366 e. The second-order valence-electron chi connectivity index (χ2n) is 9.57. The number of nitrogens with zero attached hydrogens (tertiary/aromatic N) is 1. The van der Waals surface area contributed by atoms with E-state index < -0.39 is 0 Å². The molecular weight excluding hydrogens is 448 g/mol. The molecule has 4 unspecified atom stereocenters. The number of nitrogens with two attached hydrogens (primary N) is 1. The van der Waals surface area contributed by atoms with E-state index in [9.17, 15) is 4.79 Å². The smallest absolute Gasteiger partial charge is 0.248 e. The van der Waals surface area contributed by atoms with Gasteiger partial charge in [0, 0.05) is 23.5 Å². The van der Waals surface area contributed by atoms with Crippen LogP contribution in [0.2, 0.25) is 0 Å². The lowest BCUT2D eigenvalue weighted by molar-refractivity contribution is 0.1000. The summed E-state index contributed by atoms with van der Waals surface area (Å²) >= 11 is 1.74. The quantitative estimate of drug-likeness (QED) is 0.431. The Morgan fingerprint density at radius 2 is 1.43 bits per heavy atom. The second-order valence-corrected chi connectivity index (χ2v) is 10.7. The van der Waals surface area contributed by atoms with Crippen LogP contribution in [-0.4, -0.2) is 23.3 Å². The molecule has 1 heterocycles. The zero-order chi connectivity index (χ0) is 25.8. The van der Waals surface area contributed by atoms with Crippen molar-refractivity contribution < 1.29 is 4.79 Å². The van der Waals surface area contributed by atoms with Crippen LogP contribution in [0.4, 0.5) is 0 Å². The Kier molecular flexibility index (Phi) is 12.9. The van der Waals surface area contributed by atoms with E-state index in [0.717, 1.165) is 52.8 Å². The van der Waals surface area contributed by atoms with E-state index in [1.54, 1.807) is 18.4 Å². The van der Waals surface area contributed by atoms with Gasteiger partial charge in [-0.1, -0.05) is 84.4 Å². The van der Waals surface area contributed by atoms with E-state index >= 15 is 0 Å². The van der Waals surface area contributed by atoms with Crippen molar-refractivity contribution in [2.24, 2.45) is 29.4 Å². The van der Waals surface area contributed by atoms with E-state index in [4.69, 9.17) is 5.73 Å². The molecule has 3 aliphatic rings. The zero-order valence-electron chi connectivity index (χ0n) is 22.9. The molecule has 5 rings (SSSR count). The number of piperidine rings is 1. The van der Waals surface area contributed by atoms with Crippen LogP contribution in [0.3, 0.4) is 0 Å². The first-order valence-corrected chi connectivity index (χ1v) is 14.7. The van der Waals surface area contributed by atoms with Gasteiger partial charge in [-0.3, -0.25) is 4.79 Å². The number of fused-ring (bicyclic) bond motifs is 2. The molecule has 0 radical (unpaired) electrons. The summed E-state index contributed by atoms with van der Waals surface area (Å²) in [5, 5.41) is 0. The van der Waals surface area contributed by atoms with Crippen molar-refractivity contribution in [1.82, 2.24) is 4.31 Å². The summed E-state index contributed by atoms with van der Waals surface area (Å²) in [4.78, 5) is 12.6. The normalized spacial score (nSPS) is 24.7. The third-order valence-electron chi connectivity index (χ3n) is 7.72. The van der Waals surface area contributed by atoms with Gasteiger partial charge in [-0.2, -0.15) is 0 Å². The summed E-state index contributed by atoms with van der Waals surface area (Å²) in [7, 11) is 0. The molecule has 3 fully saturated rings. The summed E-state index contributed by atoms with van der Waals surface area (Å²) in [6, 6.07) is 16.0. The molecule has 1 saturated heterocycles. The van der Waals surface area contributed by atoms with Gasteiger partial charge in [-0.05, 0) is 91.0 Å². The standard InChI is InChI=1S/C18H20N2OS.C9H16.2C2H6/c19-18(21)15-9-10-16(14-7-3-1-4-8-14)17(13-15)22-20-11-5-2-6-12-20;1-6-7(2)9-4-3-8(6)5-9;2*1-2/h1,3-4,7-10,13H,2,5-6,11-12H2,(H2,19,21);6-9H,3-5H2,1-2H3;2*1-2H3. The molecule has 2 aromatic carbocycles. The first-order chi connectivity index (χ1) is 17.0. The van der Waals surface area contributed by atoms with Gasteiger partial charge < -0.3 is 5.73 Å². The predicted octanol–water partition coefficient (Wildman–Crippen LogP) is 8.69. The van der Waals surface area contributed by atoms with Crippen molar-refractivity contribution in [3.8, 4) is 11.1 Å². The second kappa shape index (κ2) is 15.4. The highest BCUT2D eigenvalue weighted by Gasteiger charge is 2.42. The van der Waals surface area contributed by atoms with Crippen LogP contribution < -0.4 is 5.73 Å². The van der Waals surface area contributed by atoms with E-state index in [1.165, 1.54) is 32.1 Å². The molecule has 1 aliphatic heterocycles. The number of carbonyl (C=O) groups is 1. The topological polar surface area (TPSA) is 46.3 Å². The molecule has 194 valence electrons. The fourth-order valence-electron chi connectivity index (χ4n) is 5.57. The van der Waals surface area contributed by atoms with Crippen LogP contribution in [0.25, 0.3) is 11.1 Å². The molecule has 3 nitrogen and oxygen atoms in total. The molecule has 2 bridgehead atoms. The van der Waals surface area contributed by atoms with Gasteiger partial charge in [0.1, 0.15) is 0 Å². The SMILES string of the molecule is CC.CC.CC1C2CCC(C2)C1C.NC(=O)c1ccc(-c2ccccc2)c(SN2CCCCC2)c1. The van der Waals surface area contributed by atoms with Crippen LogP contribution in [-0.2, 0) is 0 Å². The molecule has 35 heavy (non-hydrogen) atoms. The zero-order valence-corrected chi connectivity index (χ0v) is 23.7. The molecule has 2 aliphatic carbocycles. The summed E-state index contributed by atoms with van der Waals surface area (Å²) < 4.78 is 2.38. The van der Waals surface area contributed by atoms with Gasteiger partial charge >= 0.3 is 0 Å². The van der Waals surface area contributed by atoms with Gasteiger partial charge in [-0.25, -0.2) is 4.31 Å². The van der Waals surface area contributed by atoms with Crippen molar-refractivity contribution >= 4 is 17.9 Å². The number of benzene rings is 2. The van der Waals surface area contributed by atoms with Gasteiger partial charge in [0.15, 0.2) is 0 Å².